The molecule has 0 saturated heterocycles. The lowest BCUT2D eigenvalue weighted by molar-refractivity contribution is -0.127. The zero-order valence-corrected chi connectivity index (χ0v) is 9.86. The molecule has 1 atom stereocenters. The van der Waals surface area contributed by atoms with Gasteiger partial charge in [-0.05, 0) is 17.5 Å². The molecule has 0 heterocycles. The van der Waals surface area contributed by atoms with Gasteiger partial charge in [-0.2, -0.15) is 0 Å². The van der Waals surface area contributed by atoms with E-state index in [9.17, 15) is 4.79 Å². The second-order valence-corrected chi connectivity index (χ2v) is 4.52. The van der Waals surface area contributed by atoms with E-state index in [1.807, 2.05) is 0 Å². The summed E-state index contributed by atoms with van der Waals surface area (Å²) in [5.41, 5.74) is 2.89. The Morgan fingerprint density at radius 3 is 2.88 bits per heavy atom. The van der Waals surface area contributed by atoms with E-state index >= 15 is 0 Å². The van der Waals surface area contributed by atoms with Crippen LogP contribution in [0.3, 0.4) is 0 Å². The highest BCUT2D eigenvalue weighted by molar-refractivity contribution is 5.77. The quantitative estimate of drug-likeness (QED) is 0.818. The van der Waals surface area contributed by atoms with Crippen LogP contribution in [0.5, 0.6) is 0 Å². The maximum atomic E-state index is 11.3. The second kappa shape index (κ2) is 4.66. The molecule has 3 nitrogen and oxygen atoms in total. The van der Waals surface area contributed by atoms with Crippen molar-refractivity contribution in [2.45, 2.75) is 12.3 Å². The van der Waals surface area contributed by atoms with Gasteiger partial charge in [0, 0.05) is 26.6 Å². The van der Waals surface area contributed by atoms with Gasteiger partial charge in [0.05, 0.1) is 6.54 Å². The minimum absolute atomic E-state index is 0.132. The summed E-state index contributed by atoms with van der Waals surface area (Å²) < 4.78 is 0. The van der Waals surface area contributed by atoms with Crippen LogP contribution >= 0.6 is 0 Å². The van der Waals surface area contributed by atoms with Crippen LogP contribution < -0.4 is 5.32 Å². The van der Waals surface area contributed by atoms with Crippen LogP contribution in [0.15, 0.2) is 24.3 Å². The summed E-state index contributed by atoms with van der Waals surface area (Å²) in [5.74, 6) is 0.721. The molecular formula is C13H18N2O. The lowest BCUT2D eigenvalue weighted by Gasteiger charge is -2.30. The molecular weight excluding hydrogens is 200 g/mol. The number of carbonyl (C=O) groups is 1. The van der Waals surface area contributed by atoms with E-state index in [0.29, 0.717) is 12.5 Å². The van der Waals surface area contributed by atoms with E-state index in [2.05, 4.69) is 29.6 Å². The summed E-state index contributed by atoms with van der Waals surface area (Å²) in [6.07, 6.45) is 1.14. The van der Waals surface area contributed by atoms with Crippen molar-refractivity contribution < 1.29 is 4.79 Å². The third-order valence-electron chi connectivity index (χ3n) is 3.13. The molecule has 1 aromatic carbocycles. The lowest BCUT2D eigenvalue weighted by atomic mass is 9.77. The number of carbonyl (C=O) groups excluding carboxylic acids is 1. The summed E-state index contributed by atoms with van der Waals surface area (Å²) in [7, 11) is 3.56. The van der Waals surface area contributed by atoms with E-state index in [-0.39, 0.29) is 5.91 Å². The first kappa shape index (κ1) is 11.1. The topological polar surface area (TPSA) is 32.3 Å². The van der Waals surface area contributed by atoms with Crippen LogP contribution in [-0.4, -0.2) is 38.0 Å². The first-order valence-corrected chi connectivity index (χ1v) is 5.67. The Labute approximate surface area is 96.5 Å². The number of benzene rings is 1. The number of likely N-dealkylation sites (N-methyl/N-ethyl adjacent to an activating group) is 1. The number of amides is 1. The van der Waals surface area contributed by atoms with Crippen LogP contribution in [0.25, 0.3) is 0 Å². The first-order valence-electron chi connectivity index (χ1n) is 5.67. The van der Waals surface area contributed by atoms with E-state index in [4.69, 9.17) is 0 Å². The van der Waals surface area contributed by atoms with Crippen molar-refractivity contribution in [2.24, 2.45) is 0 Å². The zero-order chi connectivity index (χ0) is 11.5. The van der Waals surface area contributed by atoms with Gasteiger partial charge < -0.3 is 10.2 Å². The van der Waals surface area contributed by atoms with Gasteiger partial charge in [-0.3, -0.25) is 4.79 Å². The summed E-state index contributed by atoms with van der Waals surface area (Å²) in [5, 5.41) is 3.22. The molecule has 86 valence electrons. The van der Waals surface area contributed by atoms with E-state index in [1.165, 1.54) is 11.1 Å². The molecule has 1 aliphatic rings. The fourth-order valence-corrected chi connectivity index (χ4v) is 2.06. The van der Waals surface area contributed by atoms with Gasteiger partial charge in [0.25, 0.3) is 0 Å². The summed E-state index contributed by atoms with van der Waals surface area (Å²) in [4.78, 5) is 13.0. The summed E-state index contributed by atoms with van der Waals surface area (Å²) in [6, 6.07) is 8.52. The monoisotopic (exact) mass is 218 g/mol. The predicted octanol–water partition coefficient (Wildman–Crippen LogP) is 1.00. The van der Waals surface area contributed by atoms with Gasteiger partial charge in [0.1, 0.15) is 0 Å². The Morgan fingerprint density at radius 2 is 2.19 bits per heavy atom. The van der Waals surface area contributed by atoms with Gasteiger partial charge in [0.15, 0.2) is 0 Å². The third-order valence-corrected chi connectivity index (χ3v) is 3.13. The predicted molar refractivity (Wildman–Crippen MR) is 64.5 cm³/mol. The fourth-order valence-electron chi connectivity index (χ4n) is 2.06. The number of hydrogen-bond acceptors (Lipinski definition) is 2. The molecule has 2 rings (SSSR count). The molecule has 16 heavy (non-hydrogen) atoms. The lowest BCUT2D eigenvalue weighted by Crippen LogP contribution is -2.36. The number of nitrogens with one attached hydrogen (secondary N) is 1. The summed E-state index contributed by atoms with van der Waals surface area (Å²) in [6.45, 7) is 1.34. The highest BCUT2D eigenvalue weighted by Gasteiger charge is 2.24. The Kier molecular flexibility index (Phi) is 3.25. The summed E-state index contributed by atoms with van der Waals surface area (Å²) >= 11 is 0. The molecule has 0 aliphatic heterocycles. The Balaban J connectivity index is 1.76. The number of nitrogens with zero attached hydrogens (tertiary/aromatic N) is 1. The minimum atomic E-state index is 0.132. The molecule has 1 unspecified atom stereocenters. The van der Waals surface area contributed by atoms with E-state index in [0.717, 1.165) is 13.0 Å². The van der Waals surface area contributed by atoms with Crippen LogP contribution in [-0.2, 0) is 11.2 Å². The number of hydrogen-bond donors (Lipinski definition) is 1. The van der Waals surface area contributed by atoms with Crippen LogP contribution in [0.4, 0.5) is 0 Å². The molecule has 3 heteroatoms. The fraction of sp³-hybridized carbons (Fsp3) is 0.462. The van der Waals surface area contributed by atoms with E-state index in [1.54, 1.807) is 19.0 Å². The zero-order valence-electron chi connectivity index (χ0n) is 9.86. The van der Waals surface area contributed by atoms with Gasteiger partial charge in [-0.1, -0.05) is 24.3 Å². The minimum Gasteiger partial charge on any atom is -0.348 e. The molecule has 1 aliphatic carbocycles. The highest BCUT2D eigenvalue weighted by atomic mass is 16.2. The van der Waals surface area contributed by atoms with Crippen molar-refractivity contribution in [1.82, 2.24) is 10.2 Å². The van der Waals surface area contributed by atoms with Crippen molar-refractivity contribution in [1.29, 1.82) is 0 Å². The number of fused-ring (bicyclic) bond motifs is 1. The molecule has 0 aromatic heterocycles. The Bertz CT molecular complexity index is 387. The second-order valence-electron chi connectivity index (χ2n) is 4.52. The molecule has 0 fully saturated rings. The maximum Gasteiger partial charge on any atom is 0.236 e. The number of rotatable bonds is 4. The molecule has 1 amide bonds. The molecule has 0 radical (unpaired) electrons. The Morgan fingerprint density at radius 1 is 1.44 bits per heavy atom. The Hall–Kier alpha value is -1.35. The first-order chi connectivity index (χ1) is 7.68. The third kappa shape index (κ3) is 2.25. The van der Waals surface area contributed by atoms with Crippen molar-refractivity contribution in [2.75, 3.05) is 27.2 Å². The molecule has 0 spiro atoms. The molecule has 1 aromatic rings. The highest BCUT2D eigenvalue weighted by Crippen LogP contribution is 2.33. The normalized spacial score (nSPS) is 17.5. The molecule has 0 bridgehead atoms. The van der Waals surface area contributed by atoms with Gasteiger partial charge >= 0.3 is 0 Å². The van der Waals surface area contributed by atoms with E-state index < -0.39 is 0 Å². The molecule has 1 N–H and O–H groups in total. The molecule has 0 saturated carbocycles. The smallest absolute Gasteiger partial charge is 0.236 e. The van der Waals surface area contributed by atoms with Crippen LogP contribution in [0.2, 0.25) is 0 Å². The largest absolute Gasteiger partial charge is 0.348 e. The van der Waals surface area contributed by atoms with Crippen molar-refractivity contribution >= 4 is 5.91 Å². The van der Waals surface area contributed by atoms with Crippen LogP contribution in [0.1, 0.15) is 17.0 Å². The van der Waals surface area contributed by atoms with Gasteiger partial charge in [-0.25, -0.2) is 0 Å². The van der Waals surface area contributed by atoms with Crippen molar-refractivity contribution in [3.8, 4) is 0 Å². The average Bonchev–Trinajstić information content (AvgIpc) is 2.24. The average molecular weight is 218 g/mol. The van der Waals surface area contributed by atoms with Crippen LogP contribution in [0, 0.1) is 0 Å². The van der Waals surface area contributed by atoms with Crippen molar-refractivity contribution in [3.05, 3.63) is 35.4 Å². The maximum absolute atomic E-state index is 11.3. The SMILES string of the molecule is CN(C)C(=O)CNCC1Cc2ccccc21. The van der Waals surface area contributed by atoms with Gasteiger partial charge in [0.2, 0.25) is 5.91 Å². The van der Waals surface area contributed by atoms with Crippen molar-refractivity contribution in [3.63, 3.8) is 0 Å². The van der Waals surface area contributed by atoms with Gasteiger partial charge in [-0.15, -0.1) is 0 Å². The standard InChI is InChI=1S/C13H18N2O/c1-15(2)13(16)9-14-8-11-7-10-5-3-4-6-12(10)11/h3-6,11,14H,7-9H2,1-2H3.